The number of aromatic nitrogens is 1. The van der Waals surface area contributed by atoms with Gasteiger partial charge in [-0.1, -0.05) is 0 Å². The summed E-state index contributed by atoms with van der Waals surface area (Å²) >= 11 is 0. The largest absolute Gasteiger partial charge is 0.462 e. The molecule has 0 fully saturated rings. The lowest BCUT2D eigenvalue weighted by Gasteiger charge is -2.22. The maximum absolute atomic E-state index is 11.8. The fourth-order valence-corrected chi connectivity index (χ4v) is 2.69. The molecule has 0 spiro atoms. The third-order valence-electron chi connectivity index (χ3n) is 3.68. The third-order valence-corrected chi connectivity index (χ3v) is 3.68. The zero-order valence-corrected chi connectivity index (χ0v) is 12.5. The van der Waals surface area contributed by atoms with Crippen molar-refractivity contribution in [3.8, 4) is 0 Å². The Balaban J connectivity index is 0.00000147. The minimum atomic E-state index is -0.247. The first-order valence-electron chi connectivity index (χ1n) is 6.68. The molecule has 0 radical (unpaired) electrons. The summed E-state index contributed by atoms with van der Waals surface area (Å²) in [5, 5.41) is 1.15. The average molecular weight is 295 g/mol. The van der Waals surface area contributed by atoms with Crippen LogP contribution >= 0.6 is 12.4 Å². The van der Waals surface area contributed by atoms with Gasteiger partial charge in [-0.3, -0.25) is 0 Å². The van der Waals surface area contributed by atoms with Crippen molar-refractivity contribution in [2.75, 3.05) is 20.2 Å². The average Bonchev–Trinajstić information content (AvgIpc) is 2.76. The first kappa shape index (κ1) is 14.9. The summed E-state index contributed by atoms with van der Waals surface area (Å²) in [6.07, 6.45) is 1.04. The van der Waals surface area contributed by atoms with Gasteiger partial charge in [0, 0.05) is 36.1 Å². The number of ether oxygens (including phenoxy) is 1. The first-order valence-corrected chi connectivity index (χ1v) is 6.68. The van der Waals surface area contributed by atoms with Crippen molar-refractivity contribution in [2.24, 2.45) is 0 Å². The molecule has 1 aromatic heterocycles. The number of nitrogens with one attached hydrogen (secondary N) is 1. The standard InChI is InChI=1S/C15H18N2O2.ClH/c1-3-19-15(18)10-4-5-13-11(8-10)12-9-17(2)7-6-14(12)16-13;/h4-5,8,16H,3,6-7,9H2,1-2H3;1H. The van der Waals surface area contributed by atoms with Crippen molar-refractivity contribution in [3.05, 3.63) is 35.0 Å². The van der Waals surface area contributed by atoms with E-state index in [9.17, 15) is 4.79 Å². The van der Waals surface area contributed by atoms with Crippen LogP contribution < -0.4 is 0 Å². The van der Waals surface area contributed by atoms with E-state index in [-0.39, 0.29) is 18.4 Å². The van der Waals surface area contributed by atoms with Crippen LogP contribution in [-0.2, 0) is 17.7 Å². The van der Waals surface area contributed by atoms with E-state index >= 15 is 0 Å². The monoisotopic (exact) mass is 294 g/mol. The summed E-state index contributed by atoms with van der Waals surface area (Å²) in [6.45, 7) is 4.24. The highest BCUT2D eigenvalue weighted by atomic mass is 35.5. The quantitative estimate of drug-likeness (QED) is 0.866. The molecule has 20 heavy (non-hydrogen) atoms. The second-order valence-corrected chi connectivity index (χ2v) is 5.05. The third kappa shape index (κ3) is 2.53. The number of rotatable bonds is 2. The second-order valence-electron chi connectivity index (χ2n) is 5.05. The zero-order chi connectivity index (χ0) is 13.4. The molecule has 0 amide bonds. The van der Waals surface area contributed by atoms with Gasteiger partial charge in [0.1, 0.15) is 0 Å². The lowest BCUT2D eigenvalue weighted by molar-refractivity contribution is 0.0526. The Morgan fingerprint density at radius 3 is 3.00 bits per heavy atom. The molecule has 2 heterocycles. The number of halogens is 1. The van der Waals surface area contributed by atoms with E-state index in [4.69, 9.17) is 4.74 Å². The van der Waals surface area contributed by atoms with Gasteiger partial charge < -0.3 is 14.6 Å². The molecule has 3 rings (SSSR count). The maximum atomic E-state index is 11.8. The van der Waals surface area contributed by atoms with Crippen molar-refractivity contribution >= 4 is 29.3 Å². The van der Waals surface area contributed by atoms with Crippen LogP contribution in [0.4, 0.5) is 0 Å². The van der Waals surface area contributed by atoms with E-state index in [1.54, 1.807) is 0 Å². The predicted molar refractivity (Wildman–Crippen MR) is 81.5 cm³/mol. The molecular formula is C15H19ClN2O2. The lowest BCUT2D eigenvalue weighted by atomic mass is 10.0. The Bertz CT molecular complexity index is 636. The fourth-order valence-electron chi connectivity index (χ4n) is 2.69. The molecule has 0 atom stereocenters. The van der Waals surface area contributed by atoms with Gasteiger partial charge in [-0.25, -0.2) is 4.79 Å². The summed E-state index contributed by atoms with van der Waals surface area (Å²) in [5.74, 6) is -0.247. The highest BCUT2D eigenvalue weighted by Crippen LogP contribution is 2.28. The van der Waals surface area contributed by atoms with Crippen LogP contribution in [0.5, 0.6) is 0 Å². The molecular weight excluding hydrogens is 276 g/mol. The smallest absolute Gasteiger partial charge is 0.338 e. The second kappa shape index (κ2) is 5.85. The molecule has 1 aliphatic heterocycles. The lowest BCUT2D eigenvalue weighted by Crippen LogP contribution is -2.26. The van der Waals surface area contributed by atoms with Crippen molar-refractivity contribution in [2.45, 2.75) is 19.9 Å². The summed E-state index contributed by atoms with van der Waals surface area (Å²) in [7, 11) is 2.12. The Labute approximate surface area is 124 Å². The van der Waals surface area contributed by atoms with E-state index in [0.717, 1.165) is 30.4 Å². The summed E-state index contributed by atoms with van der Waals surface area (Å²) in [5.41, 5.74) is 4.35. The molecule has 0 bridgehead atoms. The number of aromatic amines is 1. The molecule has 0 aliphatic carbocycles. The van der Waals surface area contributed by atoms with Gasteiger partial charge in [0.05, 0.1) is 12.2 Å². The molecule has 1 aromatic carbocycles. The molecule has 108 valence electrons. The van der Waals surface area contributed by atoms with Gasteiger partial charge in [0.15, 0.2) is 0 Å². The molecule has 2 aromatic rings. The van der Waals surface area contributed by atoms with Crippen LogP contribution in [0.25, 0.3) is 10.9 Å². The van der Waals surface area contributed by atoms with Crippen molar-refractivity contribution < 1.29 is 9.53 Å². The van der Waals surface area contributed by atoms with E-state index in [1.807, 2.05) is 25.1 Å². The van der Waals surface area contributed by atoms with Crippen molar-refractivity contribution in [1.82, 2.24) is 9.88 Å². The van der Waals surface area contributed by atoms with Crippen LogP contribution in [-0.4, -0.2) is 36.1 Å². The Hall–Kier alpha value is -1.52. The maximum Gasteiger partial charge on any atom is 0.338 e. The van der Waals surface area contributed by atoms with Gasteiger partial charge >= 0.3 is 5.97 Å². The summed E-state index contributed by atoms with van der Waals surface area (Å²) in [4.78, 5) is 17.6. The molecule has 1 N–H and O–H groups in total. The zero-order valence-electron chi connectivity index (χ0n) is 11.7. The number of fused-ring (bicyclic) bond motifs is 3. The first-order chi connectivity index (χ1) is 9.19. The van der Waals surface area contributed by atoms with Gasteiger partial charge in [-0.15, -0.1) is 12.4 Å². The molecule has 0 saturated heterocycles. The van der Waals surface area contributed by atoms with E-state index in [2.05, 4.69) is 16.9 Å². The minimum absolute atomic E-state index is 0. The molecule has 1 aliphatic rings. The highest BCUT2D eigenvalue weighted by Gasteiger charge is 2.19. The number of carbonyl (C=O) groups is 1. The Morgan fingerprint density at radius 1 is 1.45 bits per heavy atom. The SMILES string of the molecule is CCOC(=O)c1ccc2[nH]c3c(c2c1)CN(C)CC3.Cl. The van der Waals surface area contributed by atoms with E-state index in [1.165, 1.54) is 11.3 Å². The fraction of sp³-hybridized carbons (Fsp3) is 0.400. The summed E-state index contributed by atoms with van der Waals surface area (Å²) < 4.78 is 5.06. The van der Waals surface area contributed by atoms with Crippen LogP contribution in [0.15, 0.2) is 18.2 Å². The normalized spacial score (nSPS) is 14.7. The van der Waals surface area contributed by atoms with Crippen LogP contribution in [0.1, 0.15) is 28.5 Å². The number of nitrogens with zero attached hydrogens (tertiary/aromatic N) is 1. The highest BCUT2D eigenvalue weighted by molar-refractivity contribution is 5.96. The number of hydrogen-bond acceptors (Lipinski definition) is 3. The van der Waals surface area contributed by atoms with Gasteiger partial charge in [-0.05, 0) is 37.7 Å². The molecule has 0 unspecified atom stereocenters. The number of hydrogen-bond donors (Lipinski definition) is 1. The van der Waals surface area contributed by atoms with Crippen molar-refractivity contribution in [3.63, 3.8) is 0 Å². The number of benzene rings is 1. The summed E-state index contributed by atoms with van der Waals surface area (Å²) in [6, 6.07) is 5.74. The van der Waals surface area contributed by atoms with Crippen LogP contribution in [0.2, 0.25) is 0 Å². The van der Waals surface area contributed by atoms with E-state index < -0.39 is 0 Å². The van der Waals surface area contributed by atoms with Crippen LogP contribution in [0.3, 0.4) is 0 Å². The molecule has 0 saturated carbocycles. The van der Waals surface area contributed by atoms with Gasteiger partial charge in [0.2, 0.25) is 0 Å². The minimum Gasteiger partial charge on any atom is -0.462 e. The van der Waals surface area contributed by atoms with Gasteiger partial charge in [-0.2, -0.15) is 0 Å². The predicted octanol–water partition coefficient (Wildman–Crippen LogP) is 2.75. The Kier molecular flexibility index (Phi) is 4.35. The Morgan fingerprint density at radius 2 is 2.25 bits per heavy atom. The topological polar surface area (TPSA) is 45.3 Å². The molecule has 4 nitrogen and oxygen atoms in total. The van der Waals surface area contributed by atoms with Crippen molar-refractivity contribution in [1.29, 1.82) is 0 Å². The van der Waals surface area contributed by atoms with Crippen LogP contribution in [0, 0.1) is 0 Å². The number of carbonyl (C=O) groups excluding carboxylic acids is 1. The number of likely N-dealkylation sites (N-methyl/N-ethyl adjacent to an activating group) is 1. The van der Waals surface area contributed by atoms with Gasteiger partial charge in [0.25, 0.3) is 0 Å². The number of esters is 1. The molecule has 5 heteroatoms. The van der Waals surface area contributed by atoms with E-state index in [0.29, 0.717) is 12.2 Å². The number of H-pyrrole nitrogens is 1.